The average molecular weight is 303 g/mol. The van der Waals surface area contributed by atoms with Crippen LogP contribution in [-0.2, 0) is 6.42 Å². The summed E-state index contributed by atoms with van der Waals surface area (Å²) < 4.78 is 13.1. The third-order valence-electron chi connectivity index (χ3n) is 3.57. The van der Waals surface area contributed by atoms with Gasteiger partial charge in [-0.3, -0.25) is 0 Å². The molecule has 1 aromatic heterocycles. The largest absolute Gasteiger partial charge is 0.345 e. The molecule has 0 aliphatic carbocycles. The maximum atomic E-state index is 13.1. The van der Waals surface area contributed by atoms with Crippen molar-refractivity contribution >= 4 is 5.57 Å². The van der Waals surface area contributed by atoms with E-state index in [1.165, 1.54) is 12.1 Å². The number of aromatic amines is 1. The van der Waals surface area contributed by atoms with E-state index < -0.39 is 0 Å². The molecule has 0 unspecified atom stereocenters. The summed E-state index contributed by atoms with van der Waals surface area (Å²) in [5, 5.41) is 8.84. The van der Waals surface area contributed by atoms with Crippen molar-refractivity contribution in [1.82, 2.24) is 9.97 Å². The van der Waals surface area contributed by atoms with Gasteiger partial charge in [0.2, 0.25) is 0 Å². The highest BCUT2D eigenvalue weighted by Gasteiger charge is 2.07. The van der Waals surface area contributed by atoms with Gasteiger partial charge in [-0.1, -0.05) is 30.3 Å². The second-order valence-electron chi connectivity index (χ2n) is 5.10. The molecule has 0 radical (unpaired) electrons. The molecule has 3 nitrogen and oxygen atoms in total. The smallest absolute Gasteiger partial charge is 0.123 e. The fourth-order valence-electron chi connectivity index (χ4n) is 2.35. The molecule has 23 heavy (non-hydrogen) atoms. The zero-order chi connectivity index (χ0) is 16.1. The molecule has 0 aliphatic rings. The van der Waals surface area contributed by atoms with Gasteiger partial charge in [-0.25, -0.2) is 9.37 Å². The number of hydrogen-bond acceptors (Lipinski definition) is 2. The van der Waals surface area contributed by atoms with Crippen LogP contribution in [0.1, 0.15) is 22.4 Å². The fraction of sp³-hybridized carbons (Fsp3) is 0.0526. The Morgan fingerprint density at radius 1 is 1.13 bits per heavy atom. The van der Waals surface area contributed by atoms with Gasteiger partial charge in [0.05, 0.1) is 29.9 Å². The molecule has 0 bridgehead atoms. The van der Waals surface area contributed by atoms with Crippen molar-refractivity contribution in [3.05, 3.63) is 95.3 Å². The number of nitrogens with zero attached hydrogens (tertiary/aromatic N) is 2. The molecule has 0 spiro atoms. The van der Waals surface area contributed by atoms with Crippen LogP contribution in [0.15, 0.2) is 67.1 Å². The molecule has 0 saturated heterocycles. The van der Waals surface area contributed by atoms with Crippen LogP contribution in [-0.4, -0.2) is 9.97 Å². The lowest BCUT2D eigenvalue weighted by atomic mass is 10.00. The zero-order valence-corrected chi connectivity index (χ0v) is 12.3. The van der Waals surface area contributed by atoms with Crippen LogP contribution < -0.4 is 0 Å². The van der Waals surface area contributed by atoms with E-state index in [1.54, 1.807) is 36.8 Å². The molecule has 0 aliphatic heterocycles. The highest BCUT2D eigenvalue weighted by molar-refractivity contribution is 5.77. The van der Waals surface area contributed by atoms with Crippen molar-refractivity contribution in [1.29, 1.82) is 5.26 Å². The number of nitriles is 1. The predicted molar refractivity (Wildman–Crippen MR) is 86.9 cm³/mol. The first-order chi connectivity index (χ1) is 11.3. The summed E-state index contributed by atoms with van der Waals surface area (Å²) in [7, 11) is 0. The Morgan fingerprint density at radius 2 is 1.87 bits per heavy atom. The van der Waals surface area contributed by atoms with Gasteiger partial charge in [0.15, 0.2) is 0 Å². The topological polar surface area (TPSA) is 52.5 Å². The number of halogens is 1. The molecule has 0 saturated carbocycles. The standard InChI is InChI=1S/C19H14FN3/c20-17-8-6-16(7-9-17)18(19-12-22-13-23-19)10-5-14-1-3-15(11-21)4-2-14/h1-4,6-10,12-13H,5H2,(H,22,23). The Kier molecular flexibility index (Phi) is 4.30. The number of aromatic nitrogens is 2. The van der Waals surface area contributed by atoms with E-state index >= 15 is 0 Å². The number of imidazole rings is 1. The quantitative estimate of drug-likeness (QED) is 0.789. The van der Waals surface area contributed by atoms with E-state index in [2.05, 4.69) is 22.1 Å². The SMILES string of the molecule is N#Cc1ccc(CC=C(c2ccc(F)cc2)c2cnc[nH]2)cc1. The third kappa shape index (κ3) is 3.53. The summed E-state index contributed by atoms with van der Waals surface area (Å²) in [6, 6.07) is 16.0. The van der Waals surface area contributed by atoms with Gasteiger partial charge in [-0.05, 0) is 41.8 Å². The predicted octanol–water partition coefficient (Wildman–Crippen LogP) is 4.09. The van der Waals surface area contributed by atoms with E-state index in [0.717, 1.165) is 22.4 Å². The van der Waals surface area contributed by atoms with Gasteiger partial charge in [0.25, 0.3) is 0 Å². The van der Waals surface area contributed by atoms with Crippen molar-refractivity contribution < 1.29 is 4.39 Å². The van der Waals surface area contributed by atoms with Gasteiger partial charge < -0.3 is 4.98 Å². The molecule has 2 aromatic carbocycles. The van der Waals surface area contributed by atoms with Gasteiger partial charge in [0.1, 0.15) is 5.82 Å². The summed E-state index contributed by atoms with van der Waals surface area (Å²) in [5.41, 5.74) is 4.51. The molecule has 3 aromatic rings. The maximum absolute atomic E-state index is 13.1. The van der Waals surface area contributed by atoms with Crippen LogP contribution >= 0.6 is 0 Å². The molecule has 3 rings (SSSR count). The third-order valence-corrected chi connectivity index (χ3v) is 3.57. The normalized spacial score (nSPS) is 11.2. The lowest BCUT2D eigenvalue weighted by molar-refractivity contribution is 0.627. The average Bonchev–Trinajstić information content (AvgIpc) is 3.11. The molecule has 0 atom stereocenters. The summed E-state index contributed by atoms with van der Waals surface area (Å²) >= 11 is 0. The lowest BCUT2D eigenvalue weighted by Gasteiger charge is -2.06. The van der Waals surface area contributed by atoms with Crippen molar-refractivity contribution in [2.75, 3.05) is 0 Å². The Hall–Kier alpha value is -3.19. The minimum Gasteiger partial charge on any atom is -0.345 e. The summed E-state index contributed by atoms with van der Waals surface area (Å²) in [5.74, 6) is -0.259. The number of benzene rings is 2. The van der Waals surface area contributed by atoms with Crippen LogP contribution in [0.2, 0.25) is 0 Å². The van der Waals surface area contributed by atoms with Crippen molar-refractivity contribution in [3.63, 3.8) is 0 Å². The number of H-pyrrole nitrogens is 1. The molecule has 1 N–H and O–H groups in total. The van der Waals surface area contributed by atoms with Gasteiger partial charge in [-0.15, -0.1) is 0 Å². The highest BCUT2D eigenvalue weighted by Crippen LogP contribution is 2.22. The van der Waals surface area contributed by atoms with Crippen LogP contribution in [0.4, 0.5) is 4.39 Å². The van der Waals surface area contributed by atoms with Crippen LogP contribution in [0, 0.1) is 17.1 Å². The molecule has 1 heterocycles. The fourth-order valence-corrected chi connectivity index (χ4v) is 2.35. The van der Waals surface area contributed by atoms with Crippen molar-refractivity contribution in [2.45, 2.75) is 6.42 Å². The number of rotatable bonds is 4. The summed E-state index contributed by atoms with van der Waals surface area (Å²) in [6.07, 6.45) is 6.14. The first-order valence-electron chi connectivity index (χ1n) is 7.20. The minimum absolute atomic E-state index is 0.259. The summed E-state index contributed by atoms with van der Waals surface area (Å²) in [6.45, 7) is 0. The van der Waals surface area contributed by atoms with E-state index in [0.29, 0.717) is 12.0 Å². The summed E-state index contributed by atoms with van der Waals surface area (Å²) in [4.78, 5) is 7.15. The Balaban J connectivity index is 1.91. The molecule has 0 amide bonds. The van der Waals surface area contributed by atoms with Crippen LogP contribution in [0.5, 0.6) is 0 Å². The number of allylic oxidation sites excluding steroid dienone is 1. The van der Waals surface area contributed by atoms with Gasteiger partial charge >= 0.3 is 0 Å². The first-order valence-corrected chi connectivity index (χ1v) is 7.20. The second kappa shape index (κ2) is 6.71. The van der Waals surface area contributed by atoms with E-state index in [9.17, 15) is 4.39 Å². The second-order valence-corrected chi connectivity index (χ2v) is 5.10. The number of nitrogens with one attached hydrogen (secondary N) is 1. The highest BCUT2D eigenvalue weighted by atomic mass is 19.1. The Morgan fingerprint density at radius 3 is 2.48 bits per heavy atom. The van der Waals surface area contributed by atoms with Crippen LogP contribution in [0.25, 0.3) is 5.57 Å². The Labute approximate surface area is 133 Å². The van der Waals surface area contributed by atoms with Crippen molar-refractivity contribution in [3.8, 4) is 6.07 Å². The first kappa shape index (κ1) is 14.7. The molecular formula is C19H14FN3. The van der Waals surface area contributed by atoms with E-state index in [4.69, 9.17) is 5.26 Å². The minimum atomic E-state index is -0.259. The Bertz CT molecular complexity index is 839. The lowest BCUT2D eigenvalue weighted by Crippen LogP contribution is -1.91. The monoisotopic (exact) mass is 303 g/mol. The van der Waals surface area contributed by atoms with Crippen LogP contribution in [0.3, 0.4) is 0 Å². The molecule has 112 valence electrons. The molecule has 0 fully saturated rings. The van der Waals surface area contributed by atoms with Gasteiger partial charge in [0, 0.05) is 5.57 Å². The zero-order valence-electron chi connectivity index (χ0n) is 12.3. The molecule has 4 heteroatoms. The van der Waals surface area contributed by atoms with E-state index in [1.807, 2.05) is 12.1 Å². The number of hydrogen-bond donors (Lipinski definition) is 1. The van der Waals surface area contributed by atoms with Gasteiger partial charge in [-0.2, -0.15) is 5.26 Å². The van der Waals surface area contributed by atoms with Crippen molar-refractivity contribution in [2.24, 2.45) is 0 Å². The molecular weight excluding hydrogens is 289 g/mol. The maximum Gasteiger partial charge on any atom is 0.123 e. The van der Waals surface area contributed by atoms with E-state index in [-0.39, 0.29) is 5.82 Å².